The zero-order valence-electron chi connectivity index (χ0n) is 11.8. The number of rotatable bonds is 6. The fourth-order valence-corrected chi connectivity index (χ4v) is 2.15. The molecule has 1 heterocycles. The first-order valence-electron chi connectivity index (χ1n) is 6.36. The Balaban J connectivity index is 2.59. The van der Waals surface area contributed by atoms with Crippen LogP contribution in [0.5, 0.6) is 0 Å². The molecule has 2 aromatic rings. The minimum atomic E-state index is -0.432. The summed E-state index contributed by atoms with van der Waals surface area (Å²) < 4.78 is 6.65. The first-order valence-corrected chi connectivity index (χ1v) is 6.36. The molecule has 1 aromatic carbocycles. The lowest BCUT2D eigenvalue weighted by atomic mass is 10.1. The molecule has 0 amide bonds. The summed E-state index contributed by atoms with van der Waals surface area (Å²) in [6.45, 7) is 2.16. The lowest BCUT2D eigenvalue weighted by molar-refractivity contribution is -0.384. The van der Waals surface area contributed by atoms with Crippen LogP contribution in [0.4, 0.5) is 5.69 Å². The predicted molar refractivity (Wildman–Crippen MR) is 74.6 cm³/mol. The molecule has 0 fully saturated rings. The quantitative estimate of drug-likeness (QED) is 0.635. The van der Waals surface area contributed by atoms with E-state index in [0.29, 0.717) is 35.9 Å². The van der Waals surface area contributed by atoms with Crippen molar-refractivity contribution in [3.8, 4) is 11.4 Å². The van der Waals surface area contributed by atoms with Crippen molar-refractivity contribution in [2.75, 3.05) is 13.7 Å². The van der Waals surface area contributed by atoms with E-state index in [0.717, 1.165) is 0 Å². The van der Waals surface area contributed by atoms with E-state index >= 15 is 0 Å². The monoisotopic (exact) mass is 292 g/mol. The topological polar surface area (TPSA) is 103 Å². The first kappa shape index (κ1) is 15.1. The standard InChI is InChI=1S/C13H16N4O4/c1-9-4-3-5-10(12(9)17(19)20)13-15-14-11(8-18)16(13)6-7-21-2/h3-5,18H,6-8H2,1-2H3. The largest absolute Gasteiger partial charge is 0.388 e. The summed E-state index contributed by atoms with van der Waals surface area (Å²) in [5.74, 6) is 0.698. The van der Waals surface area contributed by atoms with Crippen molar-refractivity contribution in [3.05, 3.63) is 39.7 Å². The molecule has 0 aliphatic carbocycles. The summed E-state index contributed by atoms with van der Waals surface area (Å²) in [6, 6.07) is 5.02. The lowest BCUT2D eigenvalue weighted by Crippen LogP contribution is -2.10. The molecule has 8 nitrogen and oxygen atoms in total. The van der Waals surface area contributed by atoms with Crippen LogP contribution in [0.1, 0.15) is 11.4 Å². The Morgan fingerprint density at radius 3 is 2.81 bits per heavy atom. The van der Waals surface area contributed by atoms with Gasteiger partial charge in [-0.1, -0.05) is 12.1 Å². The maximum Gasteiger partial charge on any atom is 0.283 e. The van der Waals surface area contributed by atoms with Crippen molar-refractivity contribution in [1.29, 1.82) is 0 Å². The summed E-state index contributed by atoms with van der Waals surface area (Å²) in [5, 5.41) is 28.5. The Morgan fingerprint density at radius 1 is 1.43 bits per heavy atom. The van der Waals surface area contributed by atoms with E-state index in [1.807, 2.05) is 0 Å². The molecular weight excluding hydrogens is 276 g/mol. The van der Waals surface area contributed by atoms with Gasteiger partial charge in [0.25, 0.3) is 5.69 Å². The van der Waals surface area contributed by atoms with Crippen LogP contribution in [0.15, 0.2) is 18.2 Å². The van der Waals surface area contributed by atoms with Gasteiger partial charge in [0.1, 0.15) is 6.61 Å². The molecule has 1 N–H and O–H groups in total. The third-order valence-corrected chi connectivity index (χ3v) is 3.15. The lowest BCUT2D eigenvalue weighted by Gasteiger charge is -2.09. The number of aromatic nitrogens is 3. The minimum absolute atomic E-state index is 0.00643. The van der Waals surface area contributed by atoms with Crippen molar-refractivity contribution in [2.24, 2.45) is 0 Å². The van der Waals surface area contributed by atoms with Gasteiger partial charge in [-0.2, -0.15) is 0 Å². The molecule has 0 unspecified atom stereocenters. The SMILES string of the molecule is COCCn1c(CO)nnc1-c1cccc(C)c1[N+](=O)[O-]. The van der Waals surface area contributed by atoms with E-state index in [1.165, 1.54) is 0 Å². The molecule has 0 radical (unpaired) electrons. The zero-order chi connectivity index (χ0) is 15.4. The third-order valence-electron chi connectivity index (χ3n) is 3.15. The van der Waals surface area contributed by atoms with E-state index in [2.05, 4.69) is 10.2 Å². The van der Waals surface area contributed by atoms with E-state index in [4.69, 9.17) is 4.74 Å². The van der Waals surface area contributed by atoms with Crippen LogP contribution in [-0.4, -0.2) is 38.5 Å². The molecule has 8 heteroatoms. The van der Waals surface area contributed by atoms with Gasteiger partial charge in [0.2, 0.25) is 0 Å². The second-order valence-electron chi connectivity index (χ2n) is 4.47. The Morgan fingerprint density at radius 2 is 2.19 bits per heavy atom. The number of methoxy groups -OCH3 is 1. The van der Waals surface area contributed by atoms with Gasteiger partial charge in [0.15, 0.2) is 11.6 Å². The van der Waals surface area contributed by atoms with Gasteiger partial charge in [0.05, 0.1) is 17.1 Å². The number of aliphatic hydroxyl groups is 1. The second kappa shape index (κ2) is 6.42. The molecule has 1 aromatic heterocycles. The van der Waals surface area contributed by atoms with Crippen molar-refractivity contribution >= 4 is 5.69 Å². The van der Waals surface area contributed by atoms with Gasteiger partial charge in [-0.05, 0) is 13.0 Å². The van der Waals surface area contributed by atoms with Crippen molar-refractivity contribution in [1.82, 2.24) is 14.8 Å². The number of aryl methyl sites for hydroxylation is 1. The number of hydrogen-bond donors (Lipinski definition) is 1. The van der Waals surface area contributed by atoms with E-state index in [1.54, 1.807) is 36.8 Å². The molecule has 0 aliphatic heterocycles. The predicted octanol–water partition coefficient (Wildman–Crippen LogP) is 1.30. The summed E-state index contributed by atoms with van der Waals surface area (Å²) in [5.41, 5.74) is 0.917. The number of nitro groups is 1. The van der Waals surface area contributed by atoms with Gasteiger partial charge >= 0.3 is 0 Å². The molecule has 21 heavy (non-hydrogen) atoms. The summed E-state index contributed by atoms with van der Waals surface area (Å²) in [7, 11) is 1.55. The molecule has 112 valence electrons. The second-order valence-corrected chi connectivity index (χ2v) is 4.47. The number of nitrogens with zero attached hydrogens (tertiary/aromatic N) is 4. The maximum absolute atomic E-state index is 11.3. The Labute approximate surface area is 121 Å². The molecule has 0 saturated carbocycles. The van der Waals surface area contributed by atoms with Crippen molar-refractivity contribution in [2.45, 2.75) is 20.1 Å². The fraction of sp³-hybridized carbons (Fsp3) is 0.385. The van der Waals surface area contributed by atoms with Gasteiger partial charge in [-0.25, -0.2) is 0 Å². The maximum atomic E-state index is 11.3. The normalized spacial score (nSPS) is 10.8. The Kier molecular flexibility index (Phi) is 4.61. The molecule has 0 spiro atoms. The highest BCUT2D eigenvalue weighted by Crippen LogP contribution is 2.31. The van der Waals surface area contributed by atoms with Crippen LogP contribution in [-0.2, 0) is 17.9 Å². The zero-order valence-corrected chi connectivity index (χ0v) is 11.8. The van der Waals surface area contributed by atoms with Gasteiger partial charge in [0, 0.05) is 19.2 Å². The number of nitro benzene ring substituents is 1. The molecule has 0 atom stereocenters. The van der Waals surface area contributed by atoms with Crippen molar-refractivity contribution < 1.29 is 14.8 Å². The summed E-state index contributed by atoms with van der Waals surface area (Å²) >= 11 is 0. The average molecular weight is 292 g/mol. The van der Waals surface area contributed by atoms with Crippen LogP contribution in [0.2, 0.25) is 0 Å². The number of hydrogen-bond acceptors (Lipinski definition) is 6. The highest BCUT2D eigenvalue weighted by atomic mass is 16.6. The third kappa shape index (κ3) is 2.91. The van der Waals surface area contributed by atoms with Gasteiger partial charge in [-0.3, -0.25) is 10.1 Å². The number of ether oxygens (including phenoxy) is 1. The van der Waals surface area contributed by atoms with E-state index in [9.17, 15) is 15.2 Å². The number of aliphatic hydroxyl groups excluding tert-OH is 1. The van der Waals surface area contributed by atoms with Gasteiger partial charge < -0.3 is 14.4 Å². The van der Waals surface area contributed by atoms with E-state index in [-0.39, 0.29) is 12.3 Å². The van der Waals surface area contributed by atoms with E-state index < -0.39 is 4.92 Å². The molecule has 2 rings (SSSR count). The molecular formula is C13H16N4O4. The number of para-hydroxylation sites is 1. The minimum Gasteiger partial charge on any atom is -0.388 e. The Hall–Kier alpha value is -2.32. The fourth-order valence-electron chi connectivity index (χ4n) is 2.15. The number of benzene rings is 1. The highest BCUT2D eigenvalue weighted by molar-refractivity contribution is 5.70. The average Bonchev–Trinajstić information content (AvgIpc) is 2.86. The van der Waals surface area contributed by atoms with Crippen molar-refractivity contribution in [3.63, 3.8) is 0 Å². The molecule has 0 aliphatic rings. The van der Waals surface area contributed by atoms with Crippen LogP contribution >= 0.6 is 0 Å². The van der Waals surface area contributed by atoms with Crippen LogP contribution in [0, 0.1) is 17.0 Å². The van der Waals surface area contributed by atoms with Crippen LogP contribution in [0.3, 0.4) is 0 Å². The summed E-state index contributed by atoms with van der Waals surface area (Å²) in [4.78, 5) is 10.9. The summed E-state index contributed by atoms with van der Waals surface area (Å²) in [6.07, 6.45) is 0. The molecule has 0 saturated heterocycles. The first-order chi connectivity index (χ1) is 10.1. The smallest absolute Gasteiger partial charge is 0.283 e. The van der Waals surface area contributed by atoms with Crippen LogP contribution < -0.4 is 0 Å². The molecule has 0 bridgehead atoms. The highest BCUT2D eigenvalue weighted by Gasteiger charge is 2.23. The van der Waals surface area contributed by atoms with Crippen LogP contribution in [0.25, 0.3) is 11.4 Å². The van der Waals surface area contributed by atoms with Gasteiger partial charge in [-0.15, -0.1) is 10.2 Å². The Bertz CT molecular complexity index is 654.